The number of nitriles is 1. The van der Waals surface area contributed by atoms with E-state index in [4.69, 9.17) is 5.26 Å². The van der Waals surface area contributed by atoms with Gasteiger partial charge in [0.25, 0.3) is 0 Å². The summed E-state index contributed by atoms with van der Waals surface area (Å²) in [6.45, 7) is 5.24. The normalized spacial score (nSPS) is 14.7. The molecule has 0 heterocycles. The Bertz CT molecular complexity index is 399. The number of aryl methyl sites for hydroxylation is 1. The van der Waals surface area contributed by atoms with E-state index in [0.29, 0.717) is 0 Å². The number of hydrogen-bond acceptors (Lipinski definition) is 2. The molecule has 78 valence electrons. The van der Waals surface area contributed by atoms with E-state index in [9.17, 15) is 0 Å². The molecular weight excluding hydrogens is 184 g/mol. The summed E-state index contributed by atoms with van der Waals surface area (Å²) in [5, 5.41) is 8.86. The minimum Gasteiger partial charge on any atom is -0.369 e. The lowest BCUT2D eigenvalue weighted by molar-refractivity contribution is 0.826. The molecule has 2 nitrogen and oxygen atoms in total. The molecule has 2 heteroatoms. The van der Waals surface area contributed by atoms with E-state index in [2.05, 4.69) is 30.0 Å². The number of nitrogens with zero attached hydrogens (tertiary/aromatic N) is 2. The van der Waals surface area contributed by atoms with Gasteiger partial charge in [0.15, 0.2) is 0 Å². The lowest BCUT2D eigenvalue weighted by Crippen LogP contribution is -2.24. The average molecular weight is 200 g/mol. The Labute approximate surface area is 91.1 Å². The molecule has 1 saturated carbocycles. The van der Waals surface area contributed by atoms with Gasteiger partial charge in [-0.3, -0.25) is 0 Å². The Morgan fingerprint density at radius 3 is 2.67 bits per heavy atom. The minimum absolute atomic E-state index is 0.738. The van der Waals surface area contributed by atoms with E-state index in [1.807, 2.05) is 13.0 Å². The van der Waals surface area contributed by atoms with Crippen LogP contribution in [-0.4, -0.2) is 12.6 Å². The zero-order valence-electron chi connectivity index (χ0n) is 9.33. The van der Waals surface area contributed by atoms with E-state index < -0.39 is 0 Å². The van der Waals surface area contributed by atoms with Gasteiger partial charge in [0.2, 0.25) is 0 Å². The standard InChI is InChI=1S/C13H16N2/c1-3-15(12-6-7-12)13-5-4-11(9-14)10(2)8-13/h4-5,8,12H,3,6-7H2,1-2H3. The second kappa shape index (κ2) is 3.94. The topological polar surface area (TPSA) is 27.0 Å². The van der Waals surface area contributed by atoms with Crippen LogP contribution in [0.4, 0.5) is 5.69 Å². The first-order valence-corrected chi connectivity index (χ1v) is 5.53. The molecule has 0 unspecified atom stereocenters. The van der Waals surface area contributed by atoms with E-state index in [0.717, 1.165) is 23.7 Å². The van der Waals surface area contributed by atoms with Crippen molar-refractivity contribution in [2.45, 2.75) is 32.7 Å². The molecule has 0 aromatic heterocycles. The first-order valence-electron chi connectivity index (χ1n) is 5.53. The van der Waals surface area contributed by atoms with Gasteiger partial charge in [-0.25, -0.2) is 0 Å². The highest BCUT2D eigenvalue weighted by molar-refractivity contribution is 5.54. The fourth-order valence-corrected chi connectivity index (χ4v) is 1.99. The Morgan fingerprint density at radius 1 is 1.47 bits per heavy atom. The molecule has 0 amide bonds. The third-order valence-corrected chi connectivity index (χ3v) is 2.99. The molecule has 0 saturated heterocycles. The summed E-state index contributed by atoms with van der Waals surface area (Å²) in [6, 6.07) is 9.06. The average Bonchev–Trinajstić information content (AvgIpc) is 3.03. The van der Waals surface area contributed by atoms with Crippen molar-refractivity contribution in [2.75, 3.05) is 11.4 Å². The fraction of sp³-hybridized carbons (Fsp3) is 0.462. The van der Waals surface area contributed by atoms with Gasteiger partial charge in [0.05, 0.1) is 11.6 Å². The van der Waals surface area contributed by atoms with Gasteiger partial charge >= 0.3 is 0 Å². The molecule has 1 aliphatic carbocycles. The van der Waals surface area contributed by atoms with Gasteiger partial charge in [0.1, 0.15) is 0 Å². The smallest absolute Gasteiger partial charge is 0.0994 e. The number of anilines is 1. The minimum atomic E-state index is 0.738. The molecular formula is C13H16N2. The predicted molar refractivity (Wildman–Crippen MR) is 61.9 cm³/mol. The maximum absolute atomic E-state index is 8.86. The molecule has 1 aliphatic rings. The van der Waals surface area contributed by atoms with E-state index in [1.165, 1.54) is 18.5 Å². The molecule has 2 rings (SSSR count). The van der Waals surface area contributed by atoms with Gasteiger partial charge in [-0.2, -0.15) is 5.26 Å². The van der Waals surface area contributed by atoms with Crippen molar-refractivity contribution < 1.29 is 0 Å². The van der Waals surface area contributed by atoms with Gasteiger partial charge in [-0.05, 0) is 50.5 Å². The molecule has 0 bridgehead atoms. The van der Waals surface area contributed by atoms with Crippen LogP contribution >= 0.6 is 0 Å². The Balaban J connectivity index is 2.28. The lowest BCUT2D eigenvalue weighted by atomic mass is 10.1. The fourth-order valence-electron chi connectivity index (χ4n) is 1.99. The maximum atomic E-state index is 8.86. The van der Waals surface area contributed by atoms with Gasteiger partial charge in [-0.1, -0.05) is 0 Å². The van der Waals surface area contributed by atoms with Crippen LogP contribution in [0.15, 0.2) is 18.2 Å². The molecule has 0 aliphatic heterocycles. The Hall–Kier alpha value is -1.49. The quantitative estimate of drug-likeness (QED) is 0.750. The van der Waals surface area contributed by atoms with Crippen LogP contribution in [0, 0.1) is 18.3 Å². The van der Waals surface area contributed by atoms with Crippen molar-refractivity contribution in [2.24, 2.45) is 0 Å². The second-order valence-corrected chi connectivity index (χ2v) is 4.13. The van der Waals surface area contributed by atoms with Crippen LogP contribution in [0.3, 0.4) is 0 Å². The van der Waals surface area contributed by atoms with Crippen molar-refractivity contribution in [3.05, 3.63) is 29.3 Å². The third-order valence-electron chi connectivity index (χ3n) is 2.99. The van der Waals surface area contributed by atoms with E-state index >= 15 is 0 Å². The van der Waals surface area contributed by atoms with Crippen LogP contribution in [0.2, 0.25) is 0 Å². The molecule has 0 atom stereocenters. The summed E-state index contributed by atoms with van der Waals surface area (Å²) < 4.78 is 0. The highest BCUT2D eigenvalue weighted by Gasteiger charge is 2.28. The van der Waals surface area contributed by atoms with Gasteiger partial charge in [0, 0.05) is 18.3 Å². The second-order valence-electron chi connectivity index (χ2n) is 4.13. The summed E-state index contributed by atoms with van der Waals surface area (Å²) in [4.78, 5) is 2.42. The molecule has 0 N–H and O–H groups in total. The Morgan fingerprint density at radius 2 is 2.20 bits per heavy atom. The molecule has 0 radical (unpaired) electrons. The summed E-state index contributed by atoms with van der Waals surface area (Å²) in [6.07, 6.45) is 2.62. The van der Waals surface area contributed by atoms with Gasteiger partial charge in [-0.15, -0.1) is 0 Å². The van der Waals surface area contributed by atoms with Crippen LogP contribution in [-0.2, 0) is 0 Å². The number of benzene rings is 1. The van der Waals surface area contributed by atoms with Crippen LogP contribution in [0.1, 0.15) is 30.9 Å². The predicted octanol–water partition coefficient (Wildman–Crippen LogP) is 2.86. The first kappa shape index (κ1) is 10.0. The highest BCUT2D eigenvalue weighted by atomic mass is 15.2. The molecule has 1 aromatic rings. The summed E-state index contributed by atoms with van der Waals surface area (Å²) in [7, 11) is 0. The van der Waals surface area contributed by atoms with Gasteiger partial charge < -0.3 is 4.90 Å². The van der Waals surface area contributed by atoms with Crippen molar-refractivity contribution in [3.63, 3.8) is 0 Å². The third kappa shape index (κ3) is 1.97. The van der Waals surface area contributed by atoms with Crippen LogP contribution < -0.4 is 4.90 Å². The number of hydrogen-bond donors (Lipinski definition) is 0. The summed E-state index contributed by atoms with van der Waals surface area (Å²) in [5.41, 5.74) is 3.12. The molecule has 0 spiro atoms. The van der Waals surface area contributed by atoms with Crippen molar-refractivity contribution in [1.29, 1.82) is 5.26 Å². The molecule has 15 heavy (non-hydrogen) atoms. The molecule has 1 aromatic carbocycles. The largest absolute Gasteiger partial charge is 0.369 e. The van der Waals surface area contributed by atoms with Crippen molar-refractivity contribution in [1.82, 2.24) is 0 Å². The van der Waals surface area contributed by atoms with Crippen molar-refractivity contribution >= 4 is 5.69 Å². The summed E-state index contributed by atoms with van der Waals surface area (Å²) in [5.74, 6) is 0. The maximum Gasteiger partial charge on any atom is 0.0994 e. The zero-order chi connectivity index (χ0) is 10.8. The zero-order valence-corrected chi connectivity index (χ0v) is 9.33. The lowest BCUT2D eigenvalue weighted by Gasteiger charge is -2.23. The van der Waals surface area contributed by atoms with Crippen LogP contribution in [0.5, 0.6) is 0 Å². The first-order chi connectivity index (χ1) is 7.26. The monoisotopic (exact) mass is 200 g/mol. The van der Waals surface area contributed by atoms with Crippen LogP contribution in [0.25, 0.3) is 0 Å². The Kier molecular flexibility index (Phi) is 2.64. The molecule has 1 fully saturated rings. The highest BCUT2D eigenvalue weighted by Crippen LogP contribution is 2.32. The SMILES string of the molecule is CCN(c1ccc(C#N)c(C)c1)C1CC1. The van der Waals surface area contributed by atoms with E-state index in [1.54, 1.807) is 0 Å². The number of rotatable bonds is 3. The van der Waals surface area contributed by atoms with E-state index in [-0.39, 0.29) is 0 Å². The van der Waals surface area contributed by atoms with Crippen molar-refractivity contribution in [3.8, 4) is 6.07 Å². The summed E-state index contributed by atoms with van der Waals surface area (Å²) >= 11 is 0.